The number of carbonyl (C=O) groups is 15. The first-order valence-electron chi connectivity index (χ1n) is 40.5. The van der Waals surface area contributed by atoms with Crippen LogP contribution in [0.2, 0.25) is 0 Å². The molecule has 1 aromatic heterocycles. The maximum absolute atomic E-state index is 14.9. The Kier molecular flexibility index (Phi) is 49.1. The van der Waals surface area contributed by atoms with Crippen LogP contribution in [0.1, 0.15) is 147 Å². The highest BCUT2D eigenvalue weighted by molar-refractivity contribution is 7.80. The molecule has 0 radical (unpaired) electrons. The van der Waals surface area contributed by atoms with E-state index in [2.05, 4.69) is 118 Å². The number of benzene rings is 2. The lowest BCUT2D eigenvalue weighted by Gasteiger charge is -2.27. The monoisotopic (exact) mass is 1730 g/mol. The fourth-order valence-corrected chi connectivity index (χ4v) is 12.4. The molecular weight excluding hydrogens is 1600 g/mol. The van der Waals surface area contributed by atoms with Crippen molar-refractivity contribution in [3.05, 3.63) is 83.9 Å². The molecule has 122 heavy (non-hydrogen) atoms. The maximum Gasteiger partial charge on any atom is 0.319 e. The summed E-state index contributed by atoms with van der Waals surface area (Å²) in [5.74, 6) is -13.3. The first-order valence-corrected chi connectivity index (χ1v) is 41.2. The summed E-state index contributed by atoms with van der Waals surface area (Å²) in [6.07, 6.45) is 4.48. The summed E-state index contributed by atoms with van der Waals surface area (Å²) in [5, 5.41) is 70.1. The van der Waals surface area contributed by atoms with Crippen LogP contribution >= 0.6 is 12.6 Å². The minimum absolute atomic E-state index is 0.0352. The summed E-state index contributed by atoms with van der Waals surface area (Å²) in [5.41, 5.74) is 35.7. The van der Waals surface area contributed by atoms with E-state index in [1.54, 1.807) is 56.3 Å². The molecule has 45 heteroatoms. The number of nitrogens with one attached hydrogen (secondary N) is 22. The summed E-state index contributed by atoms with van der Waals surface area (Å²) in [6, 6.07) is -0.0597. The van der Waals surface area contributed by atoms with E-state index in [-0.39, 0.29) is 153 Å². The molecule has 3 aromatic rings. The maximum atomic E-state index is 14.9. The molecule has 11 atom stereocenters. The normalized spacial score (nSPS) is 13.6. The second kappa shape index (κ2) is 57.7. The first kappa shape index (κ1) is 104. The molecule has 34 N–H and O–H groups in total. The number of guanidine groups is 3. The minimum atomic E-state index is -1.49. The van der Waals surface area contributed by atoms with Crippen molar-refractivity contribution >= 4 is 125 Å². The predicted octanol–water partition coefficient (Wildman–Crippen LogP) is -5.39. The van der Waals surface area contributed by atoms with E-state index in [1.165, 1.54) is 26.4 Å². The van der Waals surface area contributed by atoms with Gasteiger partial charge in [-0.2, -0.15) is 12.6 Å². The van der Waals surface area contributed by atoms with Crippen LogP contribution in [0, 0.1) is 29.1 Å². The number of thiol groups is 1. The van der Waals surface area contributed by atoms with Gasteiger partial charge in [-0.1, -0.05) is 62.4 Å². The van der Waals surface area contributed by atoms with Crippen molar-refractivity contribution in [1.29, 1.82) is 16.2 Å². The SMILES string of the molecule is CC(=O)N[C@@H](CCCCN)C(=O)NCC(=O)N[C@@H](CC(C)C)C(=O)N[C@@H](CCCNC(=N)N)C(=O)N[C@@H](CCCCNC(=O)Nc1ccccc1C)C(=O)N[C@@H](Cc1ccccc1)C(=O)NCC(=O)N[C@@H](C)C(=O)N[C@@H](CCCCN)C(=O)N[C@@H](CCCNC(=N)N)C(=O)N[C@@H](Cc1cnc[nH]1)C(=O)N[C@@H](CCCNC(=N)N)C(=O)N[C@@H](CS)C(N)=O. The molecule has 0 aliphatic rings. The van der Waals surface area contributed by atoms with Crippen LogP contribution in [-0.2, 0) is 80.0 Å². The van der Waals surface area contributed by atoms with Crippen molar-refractivity contribution in [1.82, 2.24) is 100 Å². The van der Waals surface area contributed by atoms with Gasteiger partial charge in [0.2, 0.25) is 82.7 Å². The Balaban J connectivity index is 1.96. The van der Waals surface area contributed by atoms with Crippen molar-refractivity contribution in [3.63, 3.8) is 0 Å². The van der Waals surface area contributed by atoms with Crippen LogP contribution in [-0.4, -0.2) is 241 Å². The van der Waals surface area contributed by atoms with Gasteiger partial charge in [-0.05, 0) is 153 Å². The highest BCUT2D eigenvalue weighted by Gasteiger charge is 2.36. The number of nitrogens with zero attached hydrogens (tertiary/aromatic N) is 1. The van der Waals surface area contributed by atoms with Crippen molar-refractivity contribution in [2.75, 3.05) is 63.4 Å². The molecule has 44 nitrogen and oxygen atoms in total. The number of hydrogen-bond acceptors (Lipinski definition) is 22. The summed E-state index contributed by atoms with van der Waals surface area (Å²) in [4.78, 5) is 215. The Labute approximate surface area is 714 Å². The number of para-hydroxylation sites is 1. The lowest BCUT2D eigenvalue weighted by atomic mass is 10.0. The molecule has 676 valence electrons. The van der Waals surface area contributed by atoms with Crippen LogP contribution in [0.3, 0.4) is 0 Å². The molecule has 0 bridgehead atoms. The number of unbranched alkanes of at least 4 members (excludes halogenated alkanes) is 3. The number of aryl methyl sites for hydroxylation is 1. The fourth-order valence-electron chi connectivity index (χ4n) is 12.2. The van der Waals surface area contributed by atoms with E-state index >= 15 is 0 Å². The van der Waals surface area contributed by atoms with Crippen LogP contribution in [0.4, 0.5) is 10.5 Å². The minimum Gasteiger partial charge on any atom is -0.370 e. The van der Waals surface area contributed by atoms with Crippen molar-refractivity contribution in [3.8, 4) is 0 Å². The number of urea groups is 1. The first-order chi connectivity index (χ1) is 58.0. The molecule has 3 rings (SSSR count). The van der Waals surface area contributed by atoms with Crippen LogP contribution < -0.4 is 130 Å². The zero-order valence-corrected chi connectivity index (χ0v) is 70.7. The number of nitrogens with two attached hydrogens (primary N) is 6. The highest BCUT2D eigenvalue weighted by Crippen LogP contribution is 2.16. The number of imidazole rings is 1. The van der Waals surface area contributed by atoms with Gasteiger partial charge in [0.05, 0.1) is 19.4 Å². The lowest BCUT2D eigenvalue weighted by molar-refractivity contribution is -0.135. The van der Waals surface area contributed by atoms with E-state index in [0.717, 1.165) is 5.56 Å². The molecule has 16 amide bonds. The fraction of sp³-hybridized carbons (Fsp3) is 0.571. The number of hydrogen-bond donors (Lipinski definition) is 29. The Bertz CT molecular complexity index is 3920. The second-order valence-corrected chi connectivity index (χ2v) is 29.8. The summed E-state index contributed by atoms with van der Waals surface area (Å²) in [7, 11) is 0. The van der Waals surface area contributed by atoms with Gasteiger partial charge in [-0.15, -0.1) is 0 Å². The molecule has 0 spiro atoms. The molecule has 0 aliphatic heterocycles. The summed E-state index contributed by atoms with van der Waals surface area (Å²) < 4.78 is 0. The van der Waals surface area contributed by atoms with Gasteiger partial charge in [0, 0.05) is 69.3 Å². The van der Waals surface area contributed by atoms with Gasteiger partial charge >= 0.3 is 6.03 Å². The third-order valence-electron chi connectivity index (χ3n) is 18.7. The lowest BCUT2D eigenvalue weighted by Crippen LogP contribution is -2.60. The number of primary amides is 1. The second-order valence-electron chi connectivity index (χ2n) is 29.5. The highest BCUT2D eigenvalue weighted by atomic mass is 32.1. The molecule has 1 heterocycles. The van der Waals surface area contributed by atoms with E-state index in [0.29, 0.717) is 42.8 Å². The number of anilines is 1. The third-order valence-corrected chi connectivity index (χ3v) is 19.0. The molecule has 0 unspecified atom stereocenters. The van der Waals surface area contributed by atoms with Crippen LogP contribution in [0.15, 0.2) is 67.1 Å². The predicted molar refractivity (Wildman–Crippen MR) is 459 cm³/mol. The van der Waals surface area contributed by atoms with E-state index in [1.807, 2.05) is 19.1 Å². The largest absolute Gasteiger partial charge is 0.370 e. The molecule has 0 saturated carbocycles. The Hall–Kier alpha value is -12.4. The van der Waals surface area contributed by atoms with Crippen molar-refractivity contribution < 1.29 is 71.9 Å². The van der Waals surface area contributed by atoms with Gasteiger partial charge in [0.1, 0.15) is 66.5 Å². The number of aromatic nitrogens is 2. The van der Waals surface area contributed by atoms with E-state index in [4.69, 9.17) is 50.6 Å². The molecule has 0 saturated heterocycles. The Morgan fingerprint density at radius 2 is 0.803 bits per heavy atom. The molecule has 0 fully saturated rings. The van der Waals surface area contributed by atoms with Crippen molar-refractivity contribution in [2.24, 2.45) is 40.3 Å². The van der Waals surface area contributed by atoms with Gasteiger partial charge in [-0.3, -0.25) is 83.4 Å². The van der Waals surface area contributed by atoms with Gasteiger partial charge in [0.25, 0.3) is 0 Å². The number of amides is 16. The van der Waals surface area contributed by atoms with E-state index in [9.17, 15) is 71.9 Å². The van der Waals surface area contributed by atoms with Gasteiger partial charge < -0.3 is 135 Å². The summed E-state index contributed by atoms with van der Waals surface area (Å²) in [6.45, 7) is 7.33. The Morgan fingerprint density at radius 1 is 0.418 bits per heavy atom. The number of carbonyl (C=O) groups excluding carboxylic acids is 15. The number of H-pyrrole nitrogens is 1. The molecular formula is C77H127N29O15S. The zero-order valence-electron chi connectivity index (χ0n) is 69.9. The van der Waals surface area contributed by atoms with Crippen molar-refractivity contribution in [2.45, 2.75) is 217 Å². The number of aromatic amines is 1. The standard InChI is InChI=1S/C77H127N29O15S/c1-44(2)36-57(97-62(109)41-92-65(112)51(96-47(5)107)24-11-14-30-78)72(119)101-54(27-17-33-88-74(81)82)68(115)99-53(26-13-16-32-91-77(121)106-50-23-10-9-20-45(50)3)69(116)103-58(37-48-21-7-6-8-22-48)66(113)93-40-61(108)95-46(4)64(111)98-52(25-12-15-31-79)67(114)100-55(28-18-34-89-75(83)84)70(117)104-59(38-49-39-87-43-94-49)73(120)102-56(29-19-35-90-76(85)86)71(118)105-60(42-122)63(80)110/h6-10,20-23,39,43-44,46,51-60,122H,11-19,24-38,40-42,78-79H2,1-5H3,(H2,80,110)(H,87,94)(H,92,112)(H,93,113)(H,95,108)(H,96,107)(H,97,109)(H,98,111)(H,99,115)(H,100,114)(H,101,119)(H,102,120)(H,103,116)(H,104,117)(H,105,118)(H4,81,82,88)(H4,83,84,89)(H4,85,86,90)(H2,91,106,121)/t46-,51-,52-,53-,54-,55-,56-,57-,58-,59-,60-/m0/s1. The third kappa shape index (κ3) is 43.0. The zero-order chi connectivity index (χ0) is 90.6. The molecule has 0 aliphatic carbocycles. The van der Waals surface area contributed by atoms with E-state index < -0.39 is 174 Å². The van der Waals surface area contributed by atoms with Crippen LogP contribution in [0.25, 0.3) is 0 Å². The smallest absolute Gasteiger partial charge is 0.319 e. The van der Waals surface area contributed by atoms with Gasteiger partial charge in [0.15, 0.2) is 17.9 Å². The van der Waals surface area contributed by atoms with Crippen LogP contribution in [0.5, 0.6) is 0 Å². The quantitative estimate of drug-likeness (QED) is 0.0109. The Morgan fingerprint density at radius 3 is 1.23 bits per heavy atom. The average molecular weight is 1730 g/mol. The van der Waals surface area contributed by atoms with Gasteiger partial charge in [-0.25, -0.2) is 9.78 Å². The summed E-state index contributed by atoms with van der Waals surface area (Å²) >= 11 is 4.10. The topological polar surface area (TPSA) is 729 Å². The number of rotatable bonds is 59. The molecule has 2 aromatic carbocycles. The average Bonchev–Trinajstić information content (AvgIpc) is 1.19.